The molecule has 5 rings (SSSR count). The summed E-state index contributed by atoms with van der Waals surface area (Å²) >= 11 is 0. The molecule has 1 saturated heterocycles. The topological polar surface area (TPSA) is 67.4 Å². The van der Waals surface area contributed by atoms with Gasteiger partial charge in [-0.2, -0.15) is 0 Å². The number of hydrogen-bond acceptors (Lipinski definition) is 5. The van der Waals surface area contributed by atoms with Crippen molar-refractivity contribution < 1.29 is 14.4 Å². The van der Waals surface area contributed by atoms with E-state index in [0.717, 1.165) is 57.3 Å². The number of allylic oxidation sites excluding steroid dienone is 2. The number of ketones is 2. The number of hydroxylamine groups is 1. The average molecular weight is 401 g/mol. The molecule has 3 saturated carbocycles. The van der Waals surface area contributed by atoms with Gasteiger partial charge in [0.05, 0.1) is 12.0 Å². The number of rotatable bonds is 3. The number of carbonyl (C=O) groups is 2. The minimum atomic E-state index is -0.286. The Kier molecular flexibility index (Phi) is 4.90. The standard InChI is InChI=1S/C24H36N2O3/c1-23-9-3-6-17(23)20-18(8-10-23)24(2)11-7-15(13-19(24)21(27)22(20)28)26-29-16-5-4-12-25-14-16/h13,16-20,25-26H,3-12,14H2,1-2H3/t16-,17+,18+,19-,20+,23+,24-/m1/s1. The van der Waals surface area contributed by atoms with Crippen LogP contribution in [0.1, 0.15) is 71.6 Å². The van der Waals surface area contributed by atoms with Crippen LogP contribution in [0.15, 0.2) is 11.8 Å². The third-order valence-electron chi connectivity index (χ3n) is 9.35. The molecule has 5 aliphatic rings. The van der Waals surface area contributed by atoms with Gasteiger partial charge in [-0.05, 0) is 80.6 Å². The molecule has 1 aliphatic heterocycles. The lowest BCUT2D eigenvalue weighted by Gasteiger charge is -2.57. The predicted octanol–water partition coefficient (Wildman–Crippen LogP) is 3.54. The second kappa shape index (κ2) is 7.19. The summed E-state index contributed by atoms with van der Waals surface area (Å²) in [5.74, 6) is 0.258. The Balaban J connectivity index is 1.36. The van der Waals surface area contributed by atoms with Crippen molar-refractivity contribution in [1.29, 1.82) is 0 Å². The molecule has 160 valence electrons. The molecule has 1 heterocycles. The Morgan fingerprint density at radius 1 is 1.03 bits per heavy atom. The second-order valence-corrected chi connectivity index (χ2v) is 10.9. The van der Waals surface area contributed by atoms with Gasteiger partial charge in [-0.15, -0.1) is 0 Å². The molecule has 7 atom stereocenters. The number of piperidine rings is 1. The van der Waals surface area contributed by atoms with Crippen LogP contribution in [0.5, 0.6) is 0 Å². The fourth-order valence-corrected chi connectivity index (χ4v) is 7.54. The van der Waals surface area contributed by atoms with Gasteiger partial charge in [-0.25, -0.2) is 0 Å². The molecule has 2 N–H and O–H groups in total. The highest BCUT2D eigenvalue weighted by Crippen LogP contribution is 2.64. The van der Waals surface area contributed by atoms with E-state index in [1.807, 2.05) is 6.08 Å². The highest BCUT2D eigenvalue weighted by molar-refractivity contribution is 6.40. The third-order valence-corrected chi connectivity index (χ3v) is 9.35. The summed E-state index contributed by atoms with van der Waals surface area (Å²) in [7, 11) is 0. The van der Waals surface area contributed by atoms with Crippen LogP contribution in [0.4, 0.5) is 0 Å². The first-order chi connectivity index (χ1) is 13.9. The molecule has 4 aliphatic carbocycles. The van der Waals surface area contributed by atoms with Gasteiger partial charge in [0.15, 0.2) is 0 Å². The van der Waals surface area contributed by atoms with Crippen LogP contribution in [-0.2, 0) is 14.4 Å². The van der Waals surface area contributed by atoms with E-state index in [-0.39, 0.29) is 40.3 Å². The van der Waals surface area contributed by atoms with E-state index in [9.17, 15) is 9.59 Å². The first-order valence-electron chi connectivity index (χ1n) is 11.8. The Bertz CT molecular complexity index is 728. The van der Waals surface area contributed by atoms with Crippen LogP contribution in [-0.4, -0.2) is 30.8 Å². The van der Waals surface area contributed by atoms with Gasteiger partial charge in [0, 0.05) is 18.2 Å². The molecule has 0 aromatic rings. The molecule has 0 aromatic carbocycles. The average Bonchev–Trinajstić information content (AvgIpc) is 3.13. The Morgan fingerprint density at radius 2 is 1.90 bits per heavy atom. The van der Waals surface area contributed by atoms with Crippen LogP contribution in [0, 0.1) is 34.5 Å². The molecule has 0 aromatic heterocycles. The summed E-state index contributed by atoms with van der Waals surface area (Å²) in [4.78, 5) is 32.5. The number of carbonyl (C=O) groups excluding carboxylic acids is 2. The summed E-state index contributed by atoms with van der Waals surface area (Å²) in [6.45, 7) is 6.58. The summed E-state index contributed by atoms with van der Waals surface area (Å²) in [5.41, 5.74) is 4.33. The number of hydrogen-bond donors (Lipinski definition) is 2. The SMILES string of the molecule is C[C@@]12CCC[C@H]1[C@@H]1C(=O)C(=O)[C@H]3C=C(NO[C@@H]4CCCNC4)CC[C@]3(C)[C@H]1CC2. The summed E-state index contributed by atoms with van der Waals surface area (Å²) in [6, 6.07) is 0. The lowest BCUT2D eigenvalue weighted by molar-refractivity contribution is -0.161. The van der Waals surface area contributed by atoms with Crippen LogP contribution in [0.3, 0.4) is 0 Å². The lowest BCUT2D eigenvalue weighted by Crippen LogP contribution is -2.59. The maximum Gasteiger partial charge on any atom is 0.206 e. The summed E-state index contributed by atoms with van der Waals surface area (Å²) in [5, 5.41) is 3.36. The van der Waals surface area contributed by atoms with E-state index in [1.54, 1.807) is 0 Å². The first-order valence-corrected chi connectivity index (χ1v) is 11.8. The fraction of sp³-hybridized carbons (Fsp3) is 0.833. The molecule has 0 amide bonds. The molecule has 0 bridgehead atoms. The zero-order valence-corrected chi connectivity index (χ0v) is 18.0. The zero-order chi connectivity index (χ0) is 20.2. The third kappa shape index (κ3) is 3.11. The van der Waals surface area contributed by atoms with Crippen molar-refractivity contribution in [2.45, 2.75) is 77.7 Å². The summed E-state index contributed by atoms with van der Waals surface area (Å²) in [6.07, 6.45) is 12.1. The highest BCUT2D eigenvalue weighted by Gasteiger charge is 2.62. The van der Waals surface area contributed by atoms with Gasteiger partial charge in [-0.1, -0.05) is 26.3 Å². The van der Waals surface area contributed by atoms with Crippen molar-refractivity contribution in [2.24, 2.45) is 34.5 Å². The minimum absolute atomic E-state index is 0.0301. The van der Waals surface area contributed by atoms with Gasteiger partial charge < -0.3 is 5.32 Å². The molecule has 29 heavy (non-hydrogen) atoms. The van der Waals surface area contributed by atoms with E-state index < -0.39 is 0 Å². The Hall–Kier alpha value is -1.20. The van der Waals surface area contributed by atoms with Gasteiger partial charge in [0.25, 0.3) is 0 Å². The predicted molar refractivity (Wildman–Crippen MR) is 111 cm³/mol. The van der Waals surface area contributed by atoms with E-state index >= 15 is 0 Å². The number of nitrogens with one attached hydrogen (secondary N) is 2. The molecule has 5 heteroatoms. The van der Waals surface area contributed by atoms with E-state index in [0.29, 0.717) is 11.8 Å². The Labute approximate surface area is 174 Å². The van der Waals surface area contributed by atoms with Crippen LogP contribution >= 0.6 is 0 Å². The number of fused-ring (bicyclic) bond motifs is 5. The van der Waals surface area contributed by atoms with Crippen LogP contribution in [0.25, 0.3) is 0 Å². The van der Waals surface area contributed by atoms with E-state index in [4.69, 9.17) is 4.84 Å². The minimum Gasteiger partial charge on any atom is -0.314 e. The monoisotopic (exact) mass is 400 g/mol. The number of Topliss-reactive ketones (excluding diaryl/α,β-unsaturated/α-hetero) is 2. The molecular formula is C24H36N2O3. The lowest BCUT2D eigenvalue weighted by atomic mass is 9.45. The van der Waals surface area contributed by atoms with Crippen LogP contribution in [0.2, 0.25) is 0 Å². The van der Waals surface area contributed by atoms with Gasteiger partial charge in [-0.3, -0.25) is 19.9 Å². The molecule has 0 unspecified atom stereocenters. The van der Waals surface area contributed by atoms with E-state index in [1.165, 1.54) is 19.3 Å². The maximum atomic E-state index is 13.3. The van der Waals surface area contributed by atoms with Crippen molar-refractivity contribution in [3.8, 4) is 0 Å². The van der Waals surface area contributed by atoms with Gasteiger partial charge in [0.2, 0.25) is 11.6 Å². The molecule has 4 fully saturated rings. The zero-order valence-electron chi connectivity index (χ0n) is 18.0. The molecular weight excluding hydrogens is 364 g/mol. The molecule has 5 nitrogen and oxygen atoms in total. The second-order valence-electron chi connectivity index (χ2n) is 10.9. The highest BCUT2D eigenvalue weighted by atomic mass is 16.7. The van der Waals surface area contributed by atoms with Crippen molar-refractivity contribution in [3.05, 3.63) is 11.8 Å². The quantitative estimate of drug-likeness (QED) is 0.560. The van der Waals surface area contributed by atoms with Crippen LogP contribution < -0.4 is 10.8 Å². The molecule has 0 spiro atoms. The fourth-order valence-electron chi connectivity index (χ4n) is 7.54. The Morgan fingerprint density at radius 3 is 2.69 bits per heavy atom. The smallest absolute Gasteiger partial charge is 0.206 e. The van der Waals surface area contributed by atoms with Gasteiger partial charge >= 0.3 is 0 Å². The van der Waals surface area contributed by atoms with Crippen molar-refractivity contribution in [1.82, 2.24) is 10.8 Å². The molecule has 0 radical (unpaired) electrons. The summed E-state index contributed by atoms with van der Waals surface area (Å²) < 4.78 is 0. The van der Waals surface area contributed by atoms with Gasteiger partial charge in [0.1, 0.15) is 0 Å². The van der Waals surface area contributed by atoms with Crippen molar-refractivity contribution >= 4 is 11.6 Å². The normalized spacial score (nSPS) is 47.1. The van der Waals surface area contributed by atoms with Crippen molar-refractivity contribution in [3.63, 3.8) is 0 Å². The largest absolute Gasteiger partial charge is 0.314 e. The maximum absolute atomic E-state index is 13.3. The first kappa shape index (κ1) is 19.7. The van der Waals surface area contributed by atoms with Crippen molar-refractivity contribution in [2.75, 3.05) is 13.1 Å². The van der Waals surface area contributed by atoms with E-state index in [2.05, 4.69) is 24.6 Å².